The third-order valence-corrected chi connectivity index (χ3v) is 8.13. The number of rotatable bonds is 11. The molecule has 0 saturated heterocycles. The van der Waals surface area contributed by atoms with E-state index in [1.807, 2.05) is 32.9 Å². The molecule has 0 radical (unpaired) electrons. The lowest BCUT2D eigenvalue weighted by molar-refractivity contribution is 0.290. The Kier molecular flexibility index (Phi) is 8.04. The molecule has 1 N–H and O–H groups in total. The van der Waals surface area contributed by atoms with Crippen LogP contribution in [-0.2, 0) is 32.6 Å². The first kappa shape index (κ1) is 25.8. The van der Waals surface area contributed by atoms with E-state index >= 15 is 0 Å². The van der Waals surface area contributed by atoms with E-state index in [0.29, 0.717) is 17.9 Å². The van der Waals surface area contributed by atoms with Crippen molar-refractivity contribution in [3.8, 4) is 5.75 Å². The van der Waals surface area contributed by atoms with Crippen LogP contribution in [0.25, 0.3) is 0 Å². The summed E-state index contributed by atoms with van der Waals surface area (Å²) in [5.41, 5.74) is 1.67. The van der Waals surface area contributed by atoms with Gasteiger partial charge in [0.15, 0.2) is 0 Å². The van der Waals surface area contributed by atoms with Crippen LogP contribution in [0, 0.1) is 10.7 Å². The molecule has 2 aromatic carbocycles. The average Bonchev–Trinajstić information content (AvgIpc) is 3.30. The predicted molar refractivity (Wildman–Crippen MR) is 132 cm³/mol. The van der Waals surface area contributed by atoms with Crippen LogP contribution in [0.4, 0.5) is 5.69 Å². The number of aromatic nitrogens is 1. The molecule has 1 aromatic heterocycles. The molecule has 1 heterocycles. The Morgan fingerprint density at radius 1 is 1.09 bits per heavy atom. The summed E-state index contributed by atoms with van der Waals surface area (Å²) < 4.78 is 60.4. The van der Waals surface area contributed by atoms with E-state index in [2.05, 4.69) is 5.16 Å². The van der Waals surface area contributed by atoms with Crippen LogP contribution < -0.4 is 9.04 Å². The molecule has 0 aliphatic heterocycles. The zero-order valence-electron chi connectivity index (χ0n) is 19.9. The van der Waals surface area contributed by atoms with Gasteiger partial charge in [-0.05, 0) is 48.2 Å². The summed E-state index contributed by atoms with van der Waals surface area (Å²) >= 11 is 0. The number of anilines is 1. The molecule has 3 aromatic rings. The van der Waals surface area contributed by atoms with Crippen molar-refractivity contribution in [3.05, 3.63) is 66.1 Å². The van der Waals surface area contributed by atoms with Crippen LogP contribution in [0.3, 0.4) is 0 Å². The van der Waals surface area contributed by atoms with Crippen LogP contribution >= 0.6 is 0 Å². The van der Waals surface area contributed by atoms with Gasteiger partial charge in [-0.3, -0.25) is 4.31 Å². The van der Waals surface area contributed by atoms with Crippen LogP contribution in [0.15, 0.2) is 69.0 Å². The Hall–Kier alpha value is -2.85. The third kappa shape index (κ3) is 6.18. The minimum atomic E-state index is -3.98. The summed E-state index contributed by atoms with van der Waals surface area (Å²) in [6.07, 6.45) is 4.06. The highest BCUT2D eigenvalue weighted by molar-refractivity contribution is 7.93. The molecule has 0 saturated carbocycles. The molecule has 0 bridgehead atoms. The Bertz CT molecular complexity index is 1300. The van der Waals surface area contributed by atoms with Gasteiger partial charge >= 0.3 is 0 Å². The lowest BCUT2D eigenvalue weighted by atomic mass is 10.1. The number of benzene rings is 2. The zero-order valence-corrected chi connectivity index (χ0v) is 21.5. The fraction of sp³-hybridized carbons (Fsp3) is 0.375. The van der Waals surface area contributed by atoms with Crippen molar-refractivity contribution in [3.63, 3.8) is 0 Å². The van der Waals surface area contributed by atoms with Crippen LogP contribution in [0.5, 0.6) is 5.75 Å². The summed E-state index contributed by atoms with van der Waals surface area (Å²) in [6.45, 7) is 6.41. The number of hydrogen-bond acceptors (Lipinski definition) is 7. The number of nitrogens with one attached hydrogen (secondary N) is 1. The highest BCUT2D eigenvalue weighted by Gasteiger charge is 2.28. The first-order chi connectivity index (χ1) is 16.0. The van der Waals surface area contributed by atoms with Gasteiger partial charge in [-0.25, -0.2) is 17.4 Å². The maximum atomic E-state index is 13.7. The fourth-order valence-electron chi connectivity index (χ4n) is 3.40. The van der Waals surface area contributed by atoms with Crippen LogP contribution in [0.2, 0.25) is 0 Å². The number of hydrogen-bond donors (Lipinski definition) is 1. The highest BCUT2D eigenvalue weighted by Crippen LogP contribution is 2.31. The van der Waals surface area contributed by atoms with Gasteiger partial charge in [0, 0.05) is 25.3 Å². The van der Waals surface area contributed by atoms with Gasteiger partial charge < -0.3 is 9.26 Å². The Morgan fingerprint density at radius 2 is 1.79 bits per heavy atom. The standard InChI is InChI=1S/C24H31N3O5S2/c1-5-19-6-8-20(9-7-19)27(17-18(2)3)34(29,30)22-10-11-23(24(16-22)33(4,25)28)31-15-13-21-12-14-26-32-21/h6-12,14,16,18,25H,5,13,15,17H2,1-4H3. The van der Waals surface area contributed by atoms with Crippen LogP contribution in [0.1, 0.15) is 32.1 Å². The quantitative estimate of drug-likeness (QED) is 0.402. The first-order valence-electron chi connectivity index (χ1n) is 11.0. The van der Waals surface area contributed by atoms with E-state index in [9.17, 15) is 12.6 Å². The predicted octanol–water partition coefficient (Wildman–Crippen LogP) is 4.75. The van der Waals surface area contributed by atoms with Crippen molar-refractivity contribution in [2.45, 2.75) is 43.4 Å². The molecular formula is C24H31N3O5S2. The lowest BCUT2D eigenvalue weighted by Crippen LogP contribution is -2.34. The number of sulfonamides is 1. The molecule has 8 nitrogen and oxygen atoms in total. The molecule has 3 rings (SSSR count). The summed E-state index contributed by atoms with van der Waals surface area (Å²) in [7, 11) is -7.25. The fourth-order valence-corrected chi connectivity index (χ4v) is 6.00. The highest BCUT2D eigenvalue weighted by atomic mass is 32.2. The van der Waals surface area contributed by atoms with Crippen LogP contribution in [-0.4, -0.2) is 37.2 Å². The second-order valence-electron chi connectivity index (χ2n) is 8.48. The smallest absolute Gasteiger partial charge is 0.264 e. The van der Waals surface area contributed by atoms with Gasteiger partial charge in [-0.2, -0.15) is 0 Å². The van der Waals surface area contributed by atoms with Crippen molar-refractivity contribution >= 4 is 25.4 Å². The average molecular weight is 506 g/mol. The molecule has 10 heteroatoms. The number of ether oxygens (including phenoxy) is 1. The third-order valence-electron chi connectivity index (χ3n) is 5.18. The molecule has 34 heavy (non-hydrogen) atoms. The van der Waals surface area contributed by atoms with E-state index in [-0.39, 0.29) is 34.6 Å². The zero-order chi connectivity index (χ0) is 24.9. The largest absolute Gasteiger partial charge is 0.492 e. The molecular weight excluding hydrogens is 474 g/mol. The van der Waals surface area contributed by atoms with E-state index in [4.69, 9.17) is 14.0 Å². The molecule has 0 fully saturated rings. The second kappa shape index (κ2) is 10.6. The molecule has 0 aliphatic rings. The summed E-state index contributed by atoms with van der Waals surface area (Å²) in [4.78, 5) is 0.00380. The van der Waals surface area contributed by atoms with Gasteiger partial charge in [0.1, 0.15) is 11.5 Å². The summed E-state index contributed by atoms with van der Waals surface area (Å²) in [6, 6.07) is 13.3. The molecule has 0 spiro atoms. The minimum Gasteiger partial charge on any atom is -0.492 e. The Labute approximate surface area is 201 Å². The van der Waals surface area contributed by atoms with Crippen molar-refractivity contribution in [1.82, 2.24) is 5.16 Å². The van der Waals surface area contributed by atoms with E-state index in [1.165, 1.54) is 35.0 Å². The first-order valence-corrected chi connectivity index (χ1v) is 14.4. The number of nitrogens with zero attached hydrogens (tertiary/aromatic N) is 2. The Morgan fingerprint density at radius 3 is 2.35 bits per heavy atom. The van der Waals surface area contributed by atoms with Crippen molar-refractivity contribution in [1.29, 1.82) is 4.78 Å². The summed E-state index contributed by atoms with van der Waals surface area (Å²) in [5.74, 6) is 0.913. The monoisotopic (exact) mass is 505 g/mol. The molecule has 184 valence electrons. The molecule has 1 unspecified atom stereocenters. The van der Waals surface area contributed by atoms with E-state index in [1.54, 1.807) is 18.2 Å². The van der Waals surface area contributed by atoms with Crippen molar-refractivity contribution in [2.24, 2.45) is 5.92 Å². The van der Waals surface area contributed by atoms with Crippen molar-refractivity contribution in [2.75, 3.05) is 23.7 Å². The molecule has 1 atom stereocenters. The normalized spacial score (nSPS) is 13.6. The molecule has 0 amide bonds. The molecule has 0 aliphatic carbocycles. The van der Waals surface area contributed by atoms with Gasteiger partial charge in [0.25, 0.3) is 10.0 Å². The van der Waals surface area contributed by atoms with Gasteiger partial charge in [0.2, 0.25) is 0 Å². The summed E-state index contributed by atoms with van der Waals surface area (Å²) in [5, 5.41) is 3.64. The lowest BCUT2D eigenvalue weighted by Gasteiger charge is -2.27. The SMILES string of the molecule is CCc1ccc(N(CC(C)C)S(=O)(=O)c2ccc(OCCc3ccno3)c(S(C)(=N)=O)c2)cc1. The van der Waals surface area contributed by atoms with E-state index < -0.39 is 19.8 Å². The van der Waals surface area contributed by atoms with Gasteiger partial charge in [-0.1, -0.05) is 38.1 Å². The minimum absolute atomic E-state index is 0.0351. The van der Waals surface area contributed by atoms with Gasteiger partial charge in [-0.15, -0.1) is 0 Å². The maximum absolute atomic E-state index is 13.7. The van der Waals surface area contributed by atoms with Crippen molar-refractivity contribution < 1.29 is 21.9 Å². The van der Waals surface area contributed by atoms with Gasteiger partial charge in [0.05, 0.1) is 38.0 Å². The van der Waals surface area contributed by atoms with E-state index in [0.717, 1.165) is 12.0 Å². The maximum Gasteiger partial charge on any atom is 0.264 e. The Balaban J connectivity index is 1.97. The second-order valence-corrected chi connectivity index (χ2v) is 12.5. The number of aryl methyl sites for hydroxylation is 1. The topological polar surface area (TPSA) is 114 Å².